The van der Waals surface area contributed by atoms with Crippen molar-refractivity contribution < 1.29 is 4.42 Å². The average molecular weight is 180 g/mol. The Morgan fingerprint density at radius 1 is 1.62 bits per heavy atom. The molecule has 3 nitrogen and oxygen atoms in total. The second kappa shape index (κ2) is 3.50. The predicted octanol–water partition coefficient (Wildman–Crippen LogP) is 2.19. The van der Waals surface area contributed by atoms with Crippen LogP contribution in [0.2, 0.25) is 0 Å². The van der Waals surface area contributed by atoms with Crippen LogP contribution in [0, 0.1) is 6.92 Å². The number of oxazole rings is 1. The van der Waals surface area contributed by atoms with E-state index in [1.54, 1.807) is 6.20 Å². The van der Waals surface area contributed by atoms with E-state index in [1.165, 1.54) is 19.3 Å². The Labute approximate surface area is 78.5 Å². The van der Waals surface area contributed by atoms with Gasteiger partial charge in [0.1, 0.15) is 5.76 Å². The summed E-state index contributed by atoms with van der Waals surface area (Å²) < 4.78 is 5.44. The van der Waals surface area contributed by atoms with Crippen LogP contribution in [0.15, 0.2) is 10.6 Å². The molecule has 1 unspecified atom stereocenters. The summed E-state index contributed by atoms with van der Waals surface area (Å²) >= 11 is 0. The molecule has 1 atom stereocenters. The minimum atomic E-state index is 0.249. The van der Waals surface area contributed by atoms with E-state index in [-0.39, 0.29) is 6.04 Å². The smallest absolute Gasteiger partial charge is 0.211 e. The van der Waals surface area contributed by atoms with Gasteiger partial charge >= 0.3 is 0 Å². The van der Waals surface area contributed by atoms with Crippen molar-refractivity contribution in [1.82, 2.24) is 10.3 Å². The lowest BCUT2D eigenvalue weighted by Gasteiger charge is -2.28. The number of rotatable bonds is 3. The van der Waals surface area contributed by atoms with Crippen molar-refractivity contribution in [1.29, 1.82) is 0 Å². The first-order chi connectivity index (χ1) is 6.25. The van der Waals surface area contributed by atoms with Crippen LogP contribution in [-0.4, -0.2) is 11.0 Å². The second-order valence-corrected chi connectivity index (χ2v) is 3.83. The highest BCUT2D eigenvalue weighted by atomic mass is 16.4. The highest BCUT2D eigenvalue weighted by Gasteiger charge is 2.21. The monoisotopic (exact) mass is 180 g/mol. The molecular formula is C10H16N2O. The summed E-state index contributed by atoms with van der Waals surface area (Å²) in [5.74, 6) is 1.70. The first kappa shape index (κ1) is 8.75. The number of hydrogen-bond acceptors (Lipinski definition) is 3. The van der Waals surface area contributed by atoms with Gasteiger partial charge in [0.15, 0.2) is 0 Å². The minimum Gasteiger partial charge on any atom is -0.444 e. The number of nitrogens with zero attached hydrogens (tertiary/aromatic N) is 1. The van der Waals surface area contributed by atoms with Gasteiger partial charge in [-0.1, -0.05) is 6.42 Å². The molecule has 0 amide bonds. The SMILES string of the molecule is Cc1cnc(C(C)NC2CCC2)o1. The zero-order chi connectivity index (χ0) is 9.26. The lowest BCUT2D eigenvalue weighted by molar-refractivity contribution is 0.288. The molecule has 0 saturated heterocycles. The Morgan fingerprint density at radius 3 is 2.85 bits per heavy atom. The van der Waals surface area contributed by atoms with Crippen molar-refractivity contribution >= 4 is 0 Å². The summed E-state index contributed by atoms with van der Waals surface area (Å²) in [6, 6.07) is 0.932. The topological polar surface area (TPSA) is 38.1 Å². The molecule has 0 aliphatic heterocycles. The van der Waals surface area contributed by atoms with E-state index in [2.05, 4.69) is 17.2 Å². The van der Waals surface area contributed by atoms with Crippen molar-refractivity contribution in [2.45, 2.75) is 45.2 Å². The summed E-state index contributed by atoms with van der Waals surface area (Å²) in [4.78, 5) is 4.20. The molecule has 13 heavy (non-hydrogen) atoms. The van der Waals surface area contributed by atoms with E-state index >= 15 is 0 Å². The van der Waals surface area contributed by atoms with Crippen molar-refractivity contribution in [3.8, 4) is 0 Å². The fourth-order valence-corrected chi connectivity index (χ4v) is 1.57. The third-order valence-electron chi connectivity index (χ3n) is 2.60. The van der Waals surface area contributed by atoms with Gasteiger partial charge in [0.05, 0.1) is 12.2 Å². The Morgan fingerprint density at radius 2 is 2.38 bits per heavy atom. The maximum Gasteiger partial charge on any atom is 0.211 e. The quantitative estimate of drug-likeness (QED) is 0.774. The van der Waals surface area contributed by atoms with Crippen LogP contribution in [0.25, 0.3) is 0 Å². The normalized spacial score (nSPS) is 19.8. The highest BCUT2D eigenvalue weighted by molar-refractivity contribution is 4.96. The van der Waals surface area contributed by atoms with Gasteiger partial charge in [-0.05, 0) is 26.7 Å². The molecule has 0 radical (unpaired) electrons. The van der Waals surface area contributed by atoms with E-state index in [0.29, 0.717) is 6.04 Å². The van der Waals surface area contributed by atoms with Gasteiger partial charge < -0.3 is 9.73 Å². The molecule has 72 valence electrons. The summed E-state index contributed by atoms with van der Waals surface area (Å²) in [5.41, 5.74) is 0. The van der Waals surface area contributed by atoms with Crippen LogP contribution in [-0.2, 0) is 0 Å². The second-order valence-electron chi connectivity index (χ2n) is 3.83. The van der Waals surface area contributed by atoms with Gasteiger partial charge in [-0.2, -0.15) is 0 Å². The predicted molar refractivity (Wildman–Crippen MR) is 50.4 cm³/mol. The van der Waals surface area contributed by atoms with Gasteiger partial charge in [0, 0.05) is 6.04 Å². The largest absolute Gasteiger partial charge is 0.444 e. The molecule has 1 aromatic rings. The zero-order valence-corrected chi connectivity index (χ0v) is 8.21. The van der Waals surface area contributed by atoms with E-state index in [0.717, 1.165) is 11.7 Å². The molecule has 1 N–H and O–H groups in total. The molecule has 0 spiro atoms. The molecule has 1 aliphatic carbocycles. The summed E-state index contributed by atoms with van der Waals surface area (Å²) in [6.07, 6.45) is 5.72. The lowest BCUT2D eigenvalue weighted by atomic mass is 9.92. The van der Waals surface area contributed by atoms with Gasteiger partial charge in [0.2, 0.25) is 5.89 Å². The summed E-state index contributed by atoms with van der Waals surface area (Å²) in [6.45, 7) is 4.02. The van der Waals surface area contributed by atoms with Crippen molar-refractivity contribution in [3.63, 3.8) is 0 Å². The molecule has 3 heteroatoms. The molecule has 2 rings (SSSR count). The number of aryl methyl sites for hydroxylation is 1. The van der Waals surface area contributed by atoms with E-state index in [4.69, 9.17) is 4.42 Å². The number of nitrogens with one attached hydrogen (secondary N) is 1. The first-order valence-electron chi connectivity index (χ1n) is 4.94. The van der Waals surface area contributed by atoms with E-state index in [1.807, 2.05) is 6.92 Å². The van der Waals surface area contributed by atoms with Gasteiger partial charge in [0.25, 0.3) is 0 Å². The van der Waals surface area contributed by atoms with Gasteiger partial charge in [-0.15, -0.1) is 0 Å². The van der Waals surface area contributed by atoms with Crippen LogP contribution in [0.4, 0.5) is 0 Å². The number of hydrogen-bond donors (Lipinski definition) is 1. The van der Waals surface area contributed by atoms with Crippen molar-refractivity contribution in [2.24, 2.45) is 0 Å². The fraction of sp³-hybridized carbons (Fsp3) is 0.700. The molecule has 0 bridgehead atoms. The average Bonchev–Trinajstić information content (AvgIpc) is 2.44. The summed E-state index contributed by atoms with van der Waals surface area (Å²) in [7, 11) is 0. The van der Waals surface area contributed by atoms with Crippen LogP contribution >= 0.6 is 0 Å². The maximum atomic E-state index is 5.44. The van der Waals surface area contributed by atoms with E-state index < -0.39 is 0 Å². The van der Waals surface area contributed by atoms with Gasteiger partial charge in [-0.3, -0.25) is 0 Å². The third-order valence-corrected chi connectivity index (χ3v) is 2.60. The first-order valence-corrected chi connectivity index (χ1v) is 4.94. The standard InChI is InChI=1S/C10H16N2O/c1-7-6-11-10(13-7)8(2)12-9-4-3-5-9/h6,8-9,12H,3-5H2,1-2H3. The minimum absolute atomic E-state index is 0.249. The molecule has 1 fully saturated rings. The molecule has 1 aromatic heterocycles. The third kappa shape index (κ3) is 1.91. The van der Waals surface area contributed by atoms with Crippen LogP contribution in [0.5, 0.6) is 0 Å². The van der Waals surface area contributed by atoms with Crippen LogP contribution in [0.1, 0.15) is 43.9 Å². The van der Waals surface area contributed by atoms with Crippen LogP contribution < -0.4 is 5.32 Å². The highest BCUT2D eigenvalue weighted by Crippen LogP contribution is 2.22. The number of aromatic nitrogens is 1. The van der Waals surface area contributed by atoms with E-state index in [9.17, 15) is 0 Å². The summed E-state index contributed by atoms with van der Waals surface area (Å²) in [5, 5.41) is 3.49. The molecular weight excluding hydrogens is 164 g/mol. The van der Waals surface area contributed by atoms with Crippen molar-refractivity contribution in [2.75, 3.05) is 0 Å². The lowest BCUT2D eigenvalue weighted by Crippen LogP contribution is -2.36. The Kier molecular flexibility index (Phi) is 2.36. The van der Waals surface area contributed by atoms with Gasteiger partial charge in [-0.25, -0.2) is 4.98 Å². The molecule has 1 aliphatic rings. The molecule has 1 saturated carbocycles. The molecule has 0 aromatic carbocycles. The van der Waals surface area contributed by atoms with Crippen molar-refractivity contribution in [3.05, 3.63) is 17.8 Å². The maximum absolute atomic E-state index is 5.44. The Bertz CT molecular complexity index is 278. The zero-order valence-electron chi connectivity index (χ0n) is 8.21. The Balaban J connectivity index is 1.92. The molecule has 1 heterocycles. The van der Waals surface area contributed by atoms with Crippen LogP contribution in [0.3, 0.4) is 0 Å². The fourth-order valence-electron chi connectivity index (χ4n) is 1.57. The Hall–Kier alpha value is -0.830.